The second-order valence-corrected chi connectivity index (χ2v) is 0.894. The van der Waals surface area contributed by atoms with Crippen molar-refractivity contribution in [3.63, 3.8) is 0 Å². The highest BCUT2D eigenvalue weighted by molar-refractivity contribution is 4.70. The zero-order valence-electron chi connectivity index (χ0n) is 4.15. The number of rotatable bonds is 2. The predicted molar refractivity (Wildman–Crippen MR) is 27.0 cm³/mol. The van der Waals surface area contributed by atoms with E-state index in [4.69, 9.17) is 0 Å². The minimum atomic E-state index is 1.82. The third-order valence-electron chi connectivity index (χ3n) is 0.394. The standard InChI is InChI=1S/C4H10N2/c1-3-4-6-5-2/h3-6H,1-2H3/b4-3+. The van der Waals surface area contributed by atoms with E-state index in [1.54, 1.807) is 0 Å². The Morgan fingerprint density at radius 2 is 2.17 bits per heavy atom. The molecule has 0 fully saturated rings. The number of nitrogens with one attached hydrogen (secondary N) is 2. The maximum atomic E-state index is 2.77. The second kappa shape index (κ2) is 4.50. The molecule has 0 saturated carbocycles. The monoisotopic (exact) mass is 86.1 g/mol. The Morgan fingerprint density at radius 1 is 1.50 bits per heavy atom. The van der Waals surface area contributed by atoms with Gasteiger partial charge in [-0.25, -0.2) is 5.43 Å². The Balaban J connectivity index is 2.66. The molecule has 2 nitrogen and oxygen atoms in total. The molecule has 2 heteroatoms. The van der Waals surface area contributed by atoms with Crippen LogP contribution in [0, 0.1) is 0 Å². The van der Waals surface area contributed by atoms with Gasteiger partial charge in [-0.15, -0.1) is 0 Å². The molecule has 36 valence electrons. The van der Waals surface area contributed by atoms with E-state index in [0.29, 0.717) is 0 Å². The summed E-state index contributed by atoms with van der Waals surface area (Å²) in [7, 11) is 1.82. The summed E-state index contributed by atoms with van der Waals surface area (Å²) in [6.07, 6.45) is 3.73. The first-order chi connectivity index (χ1) is 2.91. The topological polar surface area (TPSA) is 24.1 Å². The Labute approximate surface area is 38.2 Å². The average molecular weight is 86.1 g/mol. The van der Waals surface area contributed by atoms with Crippen molar-refractivity contribution in [1.29, 1.82) is 0 Å². The third-order valence-corrected chi connectivity index (χ3v) is 0.394. The molecule has 6 heavy (non-hydrogen) atoms. The summed E-state index contributed by atoms with van der Waals surface area (Å²) in [4.78, 5) is 0. The molecule has 0 aliphatic carbocycles. The SMILES string of the molecule is C/C=C/NNC. The van der Waals surface area contributed by atoms with Gasteiger partial charge in [-0.3, -0.25) is 0 Å². The fourth-order valence-electron chi connectivity index (χ4n) is 0.167. The van der Waals surface area contributed by atoms with Crippen LogP contribution in [0.3, 0.4) is 0 Å². The van der Waals surface area contributed by atoms with E-state index in [-0.39, 0.29) is 0 Å². The van der Waals surface area contributed by atoms with Crippen LogP contribution in [-0.4, -0.2) is 7.05 Å². The van der Waals surface area contributed by atoms with Crippen molar-refractivity contribution in [1.82, 2.24) is 10.9 Å². The molecule has 0 atom stereocenters. The molecule has 0 aromatic heterocycles. The van der Waals surface area contributed by atoms with Gasteiger partial charge in [0.25, 0.3) is 0 Å². The van der Waals surface area contributed by atoms with E-state index < -0.39 is 0 Å². The van der Waals surface area contributed by atoms with Crippen LogP contribution in [0.5, 0.6) is 0 Å². The summed E-state index contributed by atoms with van der Waals surface area (Å²) in [5.41, 5.74) is 5.50. The second-order valence-electron chi connectivity index (χ2n) is 0.894. The molecule has 0 aromatic rings. The molecule has 0 radical (unpaired) electrons. The smallest absolute Gasteiger partial charge is 0.00822 e. The van der Waals surface area contributed by atoms with Crippen LogP contribution < -0.4 is 10.9 Å². The van der Waals surface area contributed by atoms with Crippen LogP contribution in [0.1, 0.15) is 6.92 Å². The molecule has 0 saturated heterocycles. The highest BCUT2D eigenvalue weighted by Gasteiger charge is 1.54. The van der Waals surface area contributed by atoms with Gasteiger partial charge in [0, 0.05) is 13.2 Å². The number of hydrogen-bond acceptors (Lipinski definition) is 2. The van der Waals surface area contributed by atoms with Crippen LogP contribution in [-0.2, 0) is 0 Å². The molecule has 2 N–H and O–H groups in total. The van der Waals surface area contributed by atoms with Gasteiger partial charge in [0.15, 0.2) is 0 Å². The highest BCUT2D eigenvalue weighted by atomic mass is 15.3. The first-order valence-corrected chi connectivity index (χ1v) is 1.95. The lowest BCUT2D eigenvalue weighted by atomic mass is 10.7. The van der Waals surface area contributed by atoms with Crippen molar-refractivity contribution in [2.75, 3.05) is 7.05 Å². The lowest BCUT2D eigenvalue weighted by Crippen LogP contribution is -2.20. The average Bonchev–Trinajstić information content (AvgIpc) is 1.61. The first-order valence-electron chi connectivity index (χ1n) is 1.95. The van der Waals surface area contributed by atoms with Crippen molar-refractivity contribution < 1.29 is 0 Å². The van der Waals surface area contributed by atoms with Crippen LogP contribution in [0.2, 0.25) is 0 Å². The van der Waals surface area contributed by atoms with E-state index >= 15 is 0 Å². The lowest BCUT2D eigenvalue weighted by Gasteiger charge is -1.89. The maximum absolute atomic E-state index is 2.77. The van der Waals surface area contributed by atoms with Gasteiger partial charge in [0.2, 0.25) is 0 Å². The van der Waals surface area contributed by atoms with E-state index in [0.717, 1.165) is 0 Å². The van der Waals surface area contributed by atoms with Crippen molar-refractivity contribution in [3.8, 4) is 0 Å². The quantitative estimate of drug-likeness (QED) is 0.470. The minimum Gasteiger partial charge on any atom is -0.329 e. The molecule has 0 aliphatic heterocycles. The van der Waals surface area contributed by atoms with E-state index in [1.165, 1.54) is 0 Å². The van der Waals surface area contributed by atoms with Gasteiger partial charge in [-0.05, 0) is 6.92 Å². The fourth-order valence-corrected chi connectivity index (χ4v) is 0.167. The molecule has 0 amide bonds. The summed E-state index contributed by atoms with van der Waals surface area (Å²) in [6, 6.07) is 0. The van der Waals surface area contributed by atoms with Crippen LogP contribution in [0.25, 0.3) is 0 Å². The van der Waals surface area contributed by atoms with Crippen molar-refractivity contribution in [2.24, 2.45) is 0 Å². The Hall–Kier alpha value is -0.500. The summed E-state index contributed by atoms with van der Waals surface area (Å²) in [5.74, 6) is 0. The van der Waals surface area contributed by atoms with Gasteiger partial charge in [-0.1, -0.05) is 6.08 Å². The predicted octanol–water partition coefficient (Wildman–Crippen LogP) is 0.244. The first kappa shape index (κ1) is 5.50. The van der Waals surface area contributed by atoms with Crippen LogP contribution >= 0.6 is 0 Å². The number of allylic oxidation sites excluding steroid dienone is 1. The summed E-state index contributed by atoms with van der Waals surface area (Å²) in [5, 5.41) is 0. The molecule has 0 aromatic carbocycles. The molecule has 0 unspecified atom stereocenters. The molecule has 0 rings (SSSR count). The molecular formula is C4H10N2. The van der Waals surface area contributed by atoms with Crippen LogP contribution in [0.4, 0.5) is 0 Å². The molecular weight excluding hydrogens is 76.1 g/mol. The van der Waals surface area contributed by atoms with Gasteiger partial charge in [0.1, 0.15) is 0 Å². The largest absolute Gasteiger partial charge is 0.329 e. The molecule has 0 heterocycles. The number of hydrogen-bond donors (Lipinski definition) is 2. The van der Waals surface area contributed by atoms with Crippen LogP contribution in [0.15, 0.2) is 12.3 Å². The van der Waals surface area contributed by atoms with E-state index in [2.05, 4.69) is 10.9 Å². The van der Waals surface area contributed by atoms with Crippen molar-refractivity contribution in [2.45, 2.75) is 6.92 Å². The van der Waals surface area contributed by atoms with Crippen molar-refractivity contribution in [3.05, 3.63) is 12.3 Å². The third kappa shape index (κ3) is 3.50. The van der Waals surface area contributed by atoms with E-state index in [1.807, 2.05) is 26.2 Å². The highest BCUT2D eigenvalue weighted by Crippen LogP contribution is 1.53. The Morgan fingerprint density at radius 3 is 2.33 bits per heavy atom. The zero-order valence-corrected chi connectivity index (χ0v) is 4.15. The summed E-state index contributed by atoms with van der Waals surface area (Å²) < 4.78 is 0. The zero-order chi connectivity index (χ0) is 4.83. The summed E-state index contributed by atoms with van der Waals surface area (Å²) in [6.45, 7) is 1.95. The minimum absolute atomic E-state index is 1.82. The Kier molecular flexibility index (Phi) is 4.12. The summed E-state index contributed by atoms with van der Waals surface area (Å²) >= 11 is 0. The Bertz CT molecular complexity index is 40.8. The van der Waals surface area contributed by atoms with Gasteiger partial charge < -0.3 is 5.43 Å². The fraction of sp³-hybridized carbons (Fsp3) is 0.500. The van der Waals surface area contributed by atoms with E-state index in [9.17, 15) is 0 Å². The molecule has 0 spiro atoms. The maximum Gasteiger partial charge on any atom is 0.00822 e. The van der Waals surface area contributed by atoms with Gasteiger partial charge >= 0.3 is 0 Å². The normalized spacial score (nSPS) is 9.67. The van der Waals surface area contributed by atoms with Crippen molar-refractivity contribution >= 4 is 0 Å². The van der Waals surface area contributed by atoms with Gasteiger partial charge in [0.05, 0.1) is 0 Å². The molecule has 0 bridgehead atoms. The molecule has 0 aliphatic rings. The lowest BCUT2D eigenvalue weighted by molar-refractivity contribution is 0.730. The number of hydrazine groups is 1. The van der Waals surface area contributed by atoms with Gasteiger partial charge in [-0.2, -0.15) is 0 Å².